The number of aryl methyl sites for hydroxylation is 1. The van der Waals surface area contributed by atoms with Gasteiger partial charge in [0.2, 0.25) is 0 Å². The fourth-order valence-corrected chi connectivity index (χ4v) is 2.26. The van der Waals surface area contributed by atoms with Crippen molar-refractivity contribution in [2.24, 2.45) is 5.73 Å². The highest BCUT2D eigenvalue weighted by atomic mass is 19.1. The van der Waals surface area contributed by atoms with E-state index in [0.29, 0.717) is 30.0 Å². The van der Waals surface area contributed by atoms with Gasteiger partial charge in [0.15, 0.2) is 0 Å². The van der Waals surface area contributed by atoms with Gasteiger partial charge < -0.3 is 25.3 Å². The van der Waals surface area contributed by atoms with E-state index < -0.39 is 11.9 Å². The zero-order valence-corrected chi connectivity index (χ0v) is 14.2. The zero-order valence-electron chi connectivity index (χ0n) is 14.2. The van der Waals surface area contributed by atoms with Crippen molar-refractivity contribution in [1.29, 1.82) is 0 Å². The van der Waals surface area contributed by atoms with Gasteiger partial charge in [0, 0.05) is 36.3 Å². The van der Waals surface area contributed by atoms with Crippen molar-refractivity contribution in [3.05, 3.63) is 41.9 Å². The molecule has 1 heterocycles. The molecule has 1 aromatic carbocycles. The molecule has 0 radical (unpaired) electrons. The van der Waals surface area contributed by atoms with Crippen molar-refractivity contribution >= 4 is 22.8 Å². The summed E-state index contributed by atoms with van der Waals surface area (Å²) >= 11 is 0. The van der Waals surface area contributed by atoms with Crippen LogP contribution in [0.15, 0.2) is 30.5 Å². The second-order valence-corrected chi connectivity index (χ2v) is 5.40. The number of nitrogens with zero attached hydrogens (tertiary/aromatic N) is 1. The summed E-state index contributed by atoms with van der Waals surface area (Å²) in [5, 5.41) is 16.5. The topological polar surface area (TPSA) is 115 Å². The van der Waals surface area contributed by atoms with Crippen molar-refractivity contribution in [3.8, 4) is 5.75 Å². The molecular formula is C17H21FN2O5. The lowest BCUT2D eigenvalue weighted by Crippen LogP contribution is -2.21. The van der Waals surface area contributed by atoms with E-state index in [0.717, 1.165) is 10.9 Å². The fourth-order valence-electron chi connectivity index (χ4n) is 2.26. The number of carbonyl (C=O) groups is 2. The monoisotopic (exact) mass is 352 g/mol. The highest BCUT2D eigenvalue weighted by Crippen LogP contribution is 2.32. The van der Waals surface area contributed by atoms with Gasteiger partial charge in [-0.1, -0.05) is 0 Å². The summed E-state index contributed by atoms with van der Waals surface area (Å²) in [5.41, 5.74) is 7.37. The molecule has 1 atom stereocenters. The fraction of sp³-hybridized carbons (Fsp3) is 0.294. The molecule has 25 heavy (non-hydrogen) atoms. The molecule has 1 aromatic heterocycles. The van der Waals surface area contributed by atoms with Gasteiger partial charge in [0.1, 0.15) is 11.6 Å². The predicted octanol–water partition coefficient (Wildman–Crippen LogP) is 2.16. The van der Waals surface area contributed by atoms with Gasteiger partial charge in [-0.05, 0) is 31.5 Å². The van der Waals surface area contributed by atoms with Crippen LogP contribution in [-0.2, 0) is 16.1 Å². The highest BCUT2D eigenvalue weighted by Gasteiger charge is 2.14. The van der Waals surface area contributed by atoms with E-state index in [1.165, 1.54) is 6.07 Å². The Balaban J connectivity index is 0.000000333. The average Bonchev–Trinajstić information content (AvgIpc) is 2.87. The number of fused-ring (bicyclic) bond motifs is 1. The molecule has 0 fully saturated rings. The number of ether oxygens (including phenoxy) is 1. The Hall–Kier alpha value is -2.87. The number of aliphatic carboxylic acids is 2. The standard InChI is InChI=1S/C13H17FN2O.C4H4O4/c1-8(15)6-16-7-12(17-3)13-9(2)10(14)4-5-11(13)16;5-3(6)1-2-4(7)8/h4-5,7-8H,6,15H2,1-3H3;1-2H,(H,5,6)(H,7,8)/t8-;/m0./s1. The smallest absolute Gasteiger partial charge is 0.328 e. The first kappa shape index (κ1) is 20.2. The molecule has 0 aliphatic carbocycles. The molecule has 0 bridgehead atoms. The van der Waals surface area contributed by atoms with Crippen LogP contribution in [0.1, 0.15) is 12.5 Å². The summed E-state index contributed by atoms with van der Waals surface area (Å²) in [5.74, 6) is -2.04. The third-order valence-electron chi connectivity index (χ3n) is 3.28. The molecule has 4 N–H and O–H groups in total. The number of benzene rings is 1. The Bertz CT molecular complexity index is 780. The summed E-state index contributed by atoms with van der Waals surface area (Å²) in [4.78, 5) is 19.1. The Labute approximate surface area is 144 Å². The van der Waals surface area contributed by atoms with Crippen LogP contribution in [0.4, 0.5) is 4.39 Å². The SMILES string of the molecule is COc1cn(C[C@H](C)N)c2ccc(F)c(C)c12.O=C(O)C=CC(=O)O. The van der Waals surface area contributed by atoms with Gasteiger partial charge in [0.25, 0.3) is 0 Å². The Morgan fingerprint density at radius 3 is 2.32 bits per heavy atom. The summed E-state index contributed by atoms with van der Waals surface area (Å²) in [7, 11) is 1.59. The van der Waals surface area contributed by atoms with Crippen LogP contribution in [0.25, 0.3) is 10.9 Å². The van der Waals surface area contributed by atoms with E-state index in [9.17, 15) is 14.0 Å². The van der Waals surface area contributed by atoms with E-state index in [1.807, 2.05) is 17.7 Å². The number of halogens is 1. The molecule has 2 aromatic rings. The lowest BCUT2D eigenvalue weighted by molar-refractivity contribution is -0.134. The lowest BCUT2D eigenvalue weighted by atomic mass is 10.1. The number of rotatable bonds is 5. The third-order valence-corrected chi connectivity index (χ3v) is 3.28. The summed E-state index contributed by atoms with van der Waals surface area (Å²) in [6, 6.07) is 3.29. The number of aromatic nitrogens is 1. The number of carboxylic acid groups (broad SMARTS) is 2. The van der Waals surface area contributed by atoms with E-state index in [1.54, 1.807) is 20.1 Å². The van der Waals surface area contributed by atoms with Crippen molar-refractivity contribution in [2.45, 2.75) is 26.4 Å². The molecule has 0 spiro atoms. The molecule has 0 saturated heterocycles. The summed E-state index contributed by atoms with van der Waals surface area (Å²) in [6.45, 7) is 4.38. The number of hydrogen-bond acceptors (Lipinski definition) is 4. The molecule has 0 aliphatic heterocycles. The first-order valence-corrected chi connectivity index (χ1v) is 7.38. The number of carboxylic acids is 2. The van der Waals surface area contributed by atoms with E-state index >= 15 is 0 Å². The molecule has 8 heteroatoms. The first-order chi connectivity index (χ1) is 11.7. The minimum atomic E-state index is -1.26. The maximum atomic E-state index is 13.5. The van der Waals surface area contributed by atoms with Crippen LogP contribution < -0.4 is 10.5 Å². The Morgan fingerprint density at radius 2 is 1.88 bits per heavy atom. The van der Waals surface area contributed by atoms with E-state index in [4.69, 9.17) is 20.7 Å². The van der Waals surface area contributed by atoms with Crippen molar-refractivity contribution in [2.75, 3.05) is 7.11 Å². The maximum Gasteiger partial charge on any atom is 0.328 e. The van der Waals surface area contributed by atoms with Crippen LogP contribution in [0.2, 0.25) is 0 Å². The van der Waals surface area contributed by atoms with Gasteiger partial charge in [-0.25, -0.2) is 14.0 Å². The maximum absolute atomic E-state index is 13.5. The van der Waals surface area contributed by atoms with Gasteiger partial charge in [-0.2, -0.15) is 0 Å². The Kier molecular flexibility index (Phi) is 7.13. The Morgan fingerprint density at radius 1 is 1.32 bits per heavy atom. The van der Waals surface area contributed by atoms with Crippen LogP contribution in [-0.4, -0.2) is 39.9 Å². The second kappa shape index (κ2) is 8.84. The normalized spacial score (nSPS) is 11.9. The minimum absolute atomic E-state index is 0.0423. The minimum Gasteiger partial charge on any atom is -0.495 e. The zero-order chi connectivity index (χ0) is 19.1. The molecule has 136 valence electrons. The van der Waals surface area contributed by atoms with E-state index in [2.05, 4.69) is 0 Å². The molecule has 0 aliphatic rings. The van der Waals surface area contributed by atoms with Crippen LogP contribution in [0.3, 0.4) is 0 Å². The van der Waals surface area contributed by atoms with Gasteiger partial charge in [-0.15, -0.1) is 0 Å². The second-order valence-electron chi connectivity index (χ2n) is 5.40. The molecule has 0 saturated carbocycles. The van der Waals surface area contributed by atoms with Gasteiger partial charge >= 0.3 is 11.9 Å². The van der Waals surface area contributed by atoms with Crippen molar-refractivity contribution in [1.82, 2.24) is 4.57 Å². The van der Waals surface area contributed by atoms with Crippen LogP contribution in [0, 0.1) is 12.7 Å². The van der Waals surface area contributed by atoms with Gasteiger partial charge in [-0.3, -0.25) is 0 Å². The molecular weight excluding hydrogens is 331 g/mol. The quantitative estimate of drug-likeness (QED) is 0.710. The molecule has 7 nitrogen and oxygen atoms in total. The highest BCUT2D eigenvalue weighted by molar-refractivity contribution is 5.90. The first-order valence-electron chi connectivity index (χ1n) is 7.38. The largest absolute Gasteiger partial charge is 0.495 e. The lowest BCUT2D eigenvalue weighted by Gasteiger charge is -2.08. The average molecular weight is 352 g/mol. The predicted molar refractivity (Wildman–Crippen MR) is 91.2 cm³/mol. The molecule has 0 amide bonds. The molecule has 2 rings (SSSR count). The number of methoxy groups -OCH3 is 1. The van der Waals surface area contributed by atoms with Crippen LogP contribution >= 0.6 is 0 Å². The van der Waals surface area contributed by atoms with E-state index in [-0.39, 0.29) is 11.9 Å². The van der Waals surface area contributed by atoms with Crippen molar-refractivity contribution < 1.29 is 28.9 Å². The summed E-state index contributed by atoms with van der Waals surface area (Å²) in [6.07, 6.45) is 2.99. The van der Waals surface area contributed by atoms with Gasteiger partial charge in [0.05, 0.1) is 12.6 Å². The third kappa shape index (κ3) is 5.61. The van der Waals surface area contributed by atoms with Crippen molar-refractivity contribution in [3.63, 3.8) is 0 Å². The van der Waals surface area contributed by atoms with Crippen LogP contribution in [0.5, 0.6) is 5.75 Å². The number of hydrogen-bond donors (Lipinski definition) is 3. The summed E-state index contributed by atoms with van der Waals surface area (Å²) < 4.78 is 20.8. The molecule has 0 unspecified atom stereocenters. The number of nitrogens with two attached hydrogens (primary N) is 1.